The first-order valence-electron chi connectivity index (χ1n) is 11.1. The van der Waals surface area contributed by atoms with Gasteiger partial charge in [-0.25, -0.2) is 0 Å². The summed E-state index contributed by atoms with van der Waals surface area (Å²) >= 11 is 14.1. The Kier molecular flexibility index (Phi) is 9.76. The highest BCUT2D eigenvalue weighted by molar-refractivity contribution is 7.99. The molecule has 1 fully saturated rings. The van der Waals surface area contributed by atoms with E-state index in [4.69, 9.17) is 23.2 Å². The highest BCUT2D eigenvalue weighted by Crippen LogP contribution is 2.23. The molecule has 7 heteroatoms. The molecule has 0 saturated heterocycles. The van der Waals surface area contributed by atoms with Crippen LogP contribution >= 0.6 is 35.0 Å². The third kappa shape index (κ3) is 7.16. The van der Waals surface area contributed by atoms with Gasteiger partial charge in [-0.2, -0.15) is 0 Å². The Labute approximate surface area is 205 Å². The molecule has 0 radical (unpaired) electrons. The molecular weight excluding hydrogens is 463 g/mol. The number of thioether (sulfide) groups is 1. The molecule has 1 aliphatic carbocycles. The van der Waals surface area contributed by atoms with Gasteiger partial charge in [-0.1, -0.05) is 78.9 Å². The third-order valence-corrected chi connectivity index (χ3v) is 7.56. The van der Waals surface area contributed by atoms with E-state index in [1.165, 1.54) is 18.2 Å². The summed E-state index contributed by atoms with van der Waals surface area (Å²) in [5.74, 6) is 0.701. The van der Waals surface area contributed by atoms with Gasteiger partial charge in [0.25, 0.3) is 0 Å². The number of halogens is 2. The standard InChI is InChI=1S/C25H30Cl2N2O2S/c1-18(25(31)28-21-11-3-2-4-12-21)29(15-19-9-5-7-13-22(19)26)24(30)17-32-16-20-10-6-8-14-23(20)27/h5-10,13-14,18,21H,2-4,11-12,15-17H2,1H3,(H,28,31). The summed E-state index contributed by atoms with van der Waals surface area (Å²) in [6.45, 7) is 2.09. The highest BCUT2D eigenvalue weighted by Gasteiger charge is 2.28. The summed E-state index contributed by atoms with van der Waals surface area (Å²) < 4.78 is 0. The number of nitrogens with zero attached hydrogens (tertiary/aromatic N) is 1. The molecule has 3 rings (SSSR count). The van der Waals surface area contributed by atoms with Crippen LogP contribution in [0, 0.1) is 0 Å². The third-order valence-electron chi connectivity index (χ3n) is 5.86. The van der Waals surface area contributed by atoms with E-state index < -0.39 is 6.04 Å². The van der Waals surface area contributed by atoms with Crippen molar-refractivity contribution in [3.63, 3.8) is 0 Å². The molecule has 2 amide bonds. The fourth-order valence-electron chi connectivity index (χ4n) is 3.91. The van der Waals surface area contributed by atoms with E-state index in [1.54, 1.807) is 17.9 Å². The van der Waals surface area contributed by atoms with Crippen molar-refractivity contribution < 1.29 is 9.59 Å². The minimum atomic E-state index is -0.582. The second kappa shape index (κ2) is 12.5. The van der Waals surface area contributed by atoms with Crippen LogP contribution < -0.4 is 5.32 Å². The van der Waals surface area contributed by atoms with Crippen LogP contribution in [0.25, 0.3) is 0 Å². The molecule has 2 aromatic rings. The Bertz CT molecular complexity index is 918. The van der Waals surface area contributed by atoms with Gasteiger partial charge < -0.3 is 10.2 Å². The first-order valence-corrected chi connectivity index (χ1v) is 13.0. The molecule has 1 unspecified atom stereocenters. The van der Waals surface area contributed by atoms with E-state index in [0.29, 0.717) is 22.3 Å². The maximum Gasteiger partial charge on any atom is 0.242 e. The zero-order valence-corrected chi connectivity index (χ0v) is 20.7. The molecule has 32 heavy (non-hydrogen) atoms. The summed E-state index contributed by atoms with van der Waals surface area (Å²) in [5.41, 5.74) is 1.82. The van der Waals surface area contributed by atoms with Crippen LogP contribution in [0.1, 0.15) is 50.2 Å². The minimum absolute atomic E-state index is 0.0896. The lowest BCUT2D eigenvalue weighted by atomic mass is 9.95. The van der Waals surface area contributed by atoms with E-state index >= 15 is 0 Å². The number of hydrogen-bond acceptors (Lipinski definition) is 3. The van der Waals surface area contributed by atoms with E-state index in [0.717, 1.165) is 36.8 Å². The lowest BCUT2D eigenvalue weighted by Gasteiger charge is -2.31. The Balaban J connectivity index is 1.67. The second-order valence-corrected chi connectivity index (χ2v) is 10.0. The predicted molar refractivity (Wildman–Crippen MR) is 134 cm³/mol. The van der Waals surface area contributed by atoms with Gasteiger partial charge in [0, 0.05) is 28.4 Å². The molecular formula is C25H30Cl2N2O2S. The Morgan fingerprint density at radius 2 is 1.59 bits per heavy atom. The van der Waals surface area contributed by atoms with Crippen molar-refractivity contribution in [2.75, 3.05) is 5.75 Å². The van der Waals surface area contributed by atoms with E-state index in [-0.39, 0.29) is 23.6 Å². The maximum absolute atomic E-state index is 13.2. The topological polar surface area (TPSA) is 49.4 Å². The van der Waals surface area contributed by atoms with Crippen LogP contribution in [-0.2, 0) is 21.9 Å². The quantitative estimate of drug-likeness (QED) is 0.460. The van der Waals surface area contributed by atoms with E-state index in [2.05, 4.69) is 5.32 Å². The molecule has 172 valence electrons. The number of hydrogen-bond donors (Lipinski definition) is 1. The van der Waals surface area contributed by atoms with Gasteiger partial charge >= 0.3 is 0 Å². The van der Waals surface area contributed by atoms with Crippen molar-refractivity contribution in [2.45, 2.75) is 63.4 Å². The van der Waals surface area contributed by atoms with E-state index in [1.807, 2.05) is 42.5 Å². The van der Waals surface area contributed by atoms with Gasteiger partial charge in [0.2, 0.25) is 11.8 Å². The Hall–Kier alpha value is -1.69. The number of carbonyl (C=O) groups is 2. The average molecular weight is 494 g/mol. The van der Waals surface area contributed by atoms with Crippen LogP contribution in [0.15, 0.2) is 48.5 Å². The molecule has 0 heterocycles. The number of benzene rings is 2. The first kappa shape index (κ1) is 24.9. The molecule has 1 saturated carbocycles. The Morgan fingerprint density at radius 3 is 2.22 bits per heavy atom. The fourth-order valence-corrected chi connectivity index (χ4v) is 5.30. The summed E-state index contributed by atoms with van der Waals surface area (Å²) in [6.07, 6.45) is 5.51. The van der Waals surface area contributed by atoms with Crippen LogP contribution in [0.4, 0.5) is 0 Å². The van der Waals surface area contributed by atoms with Gasteiger partial charge in [0.15, 0.2) is 0 Å². The smallest absolute Gasteiger partial charge is 0.242 e. The van der Waals surface area contributed by atoms with Crippen LogP contribution in [0.3, 0.4) is 0 Å². The van der Waals surface area contributed by atoms with Gasteiger partial charge in [0.05, 0.1) is 5.75 Å². The molecule has 0 spiro atoms. The van der Waals surface area contributed by atoms with Crippen LogP contribution in [-0.4, -0.2) is 34.6 Å². The summed E-state index contributed by atoms with van der Waals surface area (Å²) in [6, 6.07) is 14.7. The largest absolute Gasteiger partial charge is 0.352 e. The zero-order chi connectivity index (χ0) is 22.9. The molecule has 1 aliphatic rings. The molecule has 0 aliphatic heterocycles. The predicted octanol–water partition coefficient (Wildman–Crippen LogP) is 6.09. The number of carbonyl (C=O) groups excluding carboxylic acids is 2. The monoisotopic (exact) mass is 492 g/mol. The number of rotatable bonds is 9. The van der Waals surface area contributed by atoms with Crippen molar-refractivity contribution in [2.24, 2.45) is 0 Å². The van der Waals surface area contributed by atoms with Crippen molar-refractivity contribution >= 4 is 46.8 Å². The first-order chi connectivity index (χ1) is 15.5. The van der Waals surface area contributed by atoms with Crippen molar-refractivity contribution in [3.05, 3.63) is 69.7 Å². The lowest BCUT2D eigenvalue weighted by molar-refractivity contribution is -0.139. The highest BCUT2D eigenvalue weighted by atomic mass is 35.5. The normalized spacial score (nSPS) is 15.2. The fraction of sp³-hybridized carbons (Fsp3) is 0.440. The second-order valence-electron chi connectivity index (χ2n) is 8.22. The minimum Gasteiger partial charge on any atom is -0.352 e. The van der Waals surface area contributed by atoms with Gasteiger partial charge in [-0.05, 0) is 43.0 Å². The summed E-state index contributed by atoms with van der Waals surface area (Å²) in [4.78, 5) is 27.9. The number of nitrogens with one attached hydrogen (secondary N) is 1. The SMILES string of the molecule is CC(C(=O)NC1CCCCC1)N(Cc1ccccc1Cl)C(=O)CSCc1ccccc1Cl. The molecule has 2 aromatic carbocycles. The van der Waals surface area contributed by atoms with E-state index in [9.17, 15) is 9.59 Å². The summed E-state index contributed by atoms with van der Waals surface area (Å²) in [5, 5.41) is 4.44. The van der Waals surface area contributed by atoms with Crippen LogP contribution in [0.5, 0.6) is 0 Å². The lowest BCUT2D eigenvalue weighted by Crippen LogP contribution is -2.50. The van der Waals surface area contributed by atoms with Gasteiger partial charge in [-0.3, -0.25) is 9.59 Å². The van der Waals surface area contributed by atoms with Crippen molar-refractivity contribution in [1.82, 2.24) is 10.2 Å². The Morgan fingerprint density at radius 1 is 1.00 bits per heavy atom. The summed E-state index contributed by atoms with van der Waals surface area (Å²) in [7, 11) is 0. The number of amides is 2. The average Bonchev–Trinajstić information content (AvgIpc) is 2.80. The van der Waals surface area contributed by atoms with Gasteiger partial charge in [-0.15, -0.1) is 11.8 Å². The maximum atomic E-state index is 13.2. The van der Waals surface area contributed by atoms with Gasteiger partial charge in [0.1, 0.15) is 6.04 Å². The van der Waals surface area contributed by atoms with Crippen molar-refractivity contribution in [3.8, 4) is 0 Å². The van der Waals surface area contributed by atoms with Crippen LogP contribution in [0.2, 0.25) is 10.0 Å². The molecule has 1 atom stereocenters. The molecule has 0 aromatic heterocycles. The van der Waals surface area contributed by atoms with Crippen molar-refractivity contribution in [1.29, 1.82) is 0 Å². The molecule has 1 N–H and O–H groups in total. The molecule has 0 bridgehead atoms. The zero-order valence-electron chi connectivity index (χ0n) is 18.4. The molecule has 4 nitrogen and oxygen atoms in total.